The lowest BCUT2D eigenvalue weighted by Crippen LogP contribution is -2.05. The zero-order valence-corrected chi connectivity index (χ0v) is 9.28. The van der Waals surface area contributed by atoms with Crippen molar-refractivity contribution in [1.29, 1.82) is 0 Å². The van der Waals surface area contributed by atoms with Gasteiger partial charge >= 0.3 is 0 Å². The van der Waals surface area contributed by atoms with Gasteiger partial charge in [-0.15, -0.1) is 0 Å². The van der Waals surface area contributed by atoms with E-state index >= 15 is 0 Å². The van der Waals surface area contributed by atoms with Crippen LogP contribution in [-0.4, -0.2) is 9.55 Å². The highest BCUT2D eigenvalue weighted by molar-refractivity contribution is 9.10. The third-order valence-corrected chi connectivity index (χ3v) is 2.79. The van der Waals surface area contributed by atoms with Gasteiger partial charge in [0.25, 0.3) is 0 Å². The van der Waals surface area contributed by atoms with E-state index in [0.717, 1.165) is 15.9 Å². The monoisotopic (exact) mass is 255 g/mol. The Balaban J connectivity index is 2.31. The van der Waals surface area contributed by atoms with Gasteiger partial charge in [-0.25, -0.2) is 4.98 Å². The number of nitrogen functional groups attached to an aromatic ring is 1. The predicted molar refractivity (Wildman–Crippen MR) is 56.9 cm³/mol. The van der Waals surface area contributed by atoms with Crippen molar-refractivity contribution in [1.82, 2.24) is 9.55 Å². The number of hydrogen-bond acceptors (Lipinski definition) is 3. The van der Waals surface area contributed by atoms with Crippen LogP contribution in [0.25, 0.3) is 0 Å². The number of anilines is 1. The van der Waals surface area contributed by atoms with E-state index in [1.165, 1.54) is 0 Å². The van der Waals surface area contributed by atoms with Gasteiger partial charge in [0.15, 0.2) is 0 Å². The Kier molecular flexibility index (Phi) is 2.33. The molecule has 0 aliphatic carbocycles. The first-order valence-corrected chi connectivity index (χ1v) is 4.97. The first kappa shape index (κ1) is 9.33. The van der Waals surface area contributed by atoms with Crippen LogP contribution in [0.5, 0.6) is 0 Å². The molecule has 5 heteroatoms. The third-order valence-electron chi connectivity index (χ3n) is 2.08. The minimum atomic E-state index is 0.505. The average Bonchev–Trinajstić information content (AvgIpc) is 2.67. The van der Waals surface area contributed by atoms with E-state index in [0.29, 0.717) is 12.5 Å². The molecule has 2 N–H and O–H groups in total. The van der Waals surface area contributed by atoms with Crippen LogP contribution in [0.2, 0.25) is 0 Å². The zero-order chi connectivity index (χ0) is 10.1. The van der Waals surface area contributed by atoms with Crippen molar-refractivity contribution in [3.05, 3.63) is 34.5 Å². The van der Waals surface area contributed by atoms with E-state index < -0.39 is 0 Å². The Morgan fingerprint density at radius 2 is 2.43 bits per heavy atom. The summed E-state index contributed by atoms with van der Waals surface area (Å²) < 4.78 is 8.14. The molecule has 0 saturated heterocycles. The maximum atomic E-state index is 5.70. The molecule has 74 valence electrons. The zero-order valence-electron chi connectivity index (χ0n) is 7.70. The van der Waals surface area contributed by atoms with Gasteiger partial charge in [0, 0.05) is 5.69 Å². The van der Waals surface area contributed by atoms with Crippen LogP contribution < -0.4 is 5.73 Å². The lowest BCUT2D eigenvalue weighted by atomic mass is 10.4. The molecule has 4 nitrogen and oxygen atoms in total. The number of aryl methyl sites for hydroxylation is 1. The summed E-state index contributed by atoms with van der Waals surface area (Å²) in [5, 5.41) is 0. The van der Waals surface area contributed by atoms with E-state index in [9.17, 15) is 0 Å². The molecular formula is C9H10BrN3O. The highest BCUT2D eigenvalue weighted by Crippen LogP contribution is 2.20. The number of halogens is 1. The Hall–Kier alpha value is -1.23. The lowest BCUT2D eigenvalue weighted by Gasteiger charge is -2.04. The van der Waals surface area contributed by atoms with Gasteiger partial charge in [0.2, 0.25) is 5.95 Å². The van der Waals surface area contributed by atoms with Crippen molar-refractivity contribution in [2.24, 2.45) is 0 Å². The van der Waals surface area contributed by atoms with E-state index in [4.69, 9.17) is 10.2 Å². The number of nitrogens with two attached hydrogens (primary N) is 1. The van der Waals surface area contributed by atoms with Gasteiger partial charge < -0.3 is 14.7 Å². The smallest absolute Gasteiger partial charge is 0.200 e. The number of imidazole rings is 1. The molecular weight excluding hydrogens is 246 g/mol. The van der Waals surface area contributed by atoms with E-state index in [1.54, 1.807) is 12.5 Å². The molecule has 0 aliphatic rings. The van der Waals surface area contributed by atoms with E-state index in [-0.39, 0.29) is 0 Å². The van der Waals surface area contributed by atoms with Gasteiger partial charge in [0.05, 0.1) is 23.5 Å². The molecule has 0 aliphatic heterocycles. The third kappa shape index (κ3) is 1.55. The van der Waals surface area contributed by atoms with Crippen LogP contribution >= 0.6 is 15.9 Å². The summed E-state index contributed by atoms with van der Waals surface area (Å²) >= 11 is 3.39. The number of hydrogen-bond donors (Lipinski definition) is 1. The summed E-state index contributed by atoms with van der Waals surface area (Å²) in [7, 11) is 0. The predicted octanol–water partition coefficient (Wildman–Crippen LogP) is 2.18. The molecule has 0 aromatic carbocycles. The molecule has 0 saturated carbocycles. The maximum Gasteiger partial charge on any atom is 0.200 e. The molecule has 0 fully saturated rings. The van der Waals surface area contributed by atoms with Gasteiger partial charge in [0.1, 0.15) is 5.76 Å². The van der Waals surface area contributed by atoms with Crippen LogP contribution in [0.1, 0.15) is 11.5 Å². The van der Waals surface area contributed by atoms with Crippen LogP contribution in [-0.2, 0) is 6.54 Å². The molecule has 14 heavy (non-hydrogen) atoms. The highest BCUT2D eigenvalue weighted by Gasteiger charge is 2.08. The molecule has 0 atom stereocenters. The Morgan fingerprint density at radius 1 is 1.64 bits per heavy atom. The highest BCUT2D eigenvalue weighted by atomic mass is 79.9. The van der Waals surface area contributed by atoms with Crippen molar-refractivity contribution < 1.29 is 4.42 Å². The topological polar surface area (TPSA) is 57.0 Å². The lowest BCUT2D eigenvalue weighted by molar-refractivity contribution is 0.490. The standard InChI is InChI=1S/C9H10BrN3O/c1-6-4-12-9(11)13(6)5-8-7(10)2-3-14-8/h2-4H,5H2,1H3,(H2,11,12). The van der Waals surface area contributed by atoms with Gasteiger partial charge in [-0.1, -0.05) is 0 Å². The van der Waals surface area contributed by atoms with Crippen molar-refractivity contribution in [3.8, 4) is 0 Å². The van der Waals surface area contributed by atoms with E-state index in [2.05, 4.69) is 20.9 Å². The second-order valence-corrected chi connectivity index (χ2v) is 3.89. The van der Waals surface area contributed by atoms with Crippen molar-refractivity contribution >= 4 is 21.9 Å². The fraction of sp³-hybridized carbons (Fsp3) is 0.222. The van der Waals surface area contributed by atoms with Crippen molar-refractivity contribution in [2.75, 3.05) is 5.73 Å². The van der Waals surface area contributed by atoms with Gasteiger partial charge in [-0.05, 0) is 28.9 Å². The first-order chi connectivity index (χ1) is 6.68. The molecule has 0 spiro atoms. The molecule has 2 heterocycles. The largest absolute Gasteiger partial charge is 0.466 e. The minimum absolute atomic E-state index is 0.505. The summed E-state index contributed by atoms with van der Waals surface area (Å²) in [6.07, 6.45) is 3.38. The minimum Gasteiger partial charge on any atom is -0.466 e. The van der Waals surface area contributed by atoms with Crippen molar-refractivity contribution in [2.45, 2.75) is 13.5 Å². The molecule has 0 amide bonds. The van der Waals surface area contributed by atoms with E-state index in [1.807, 2.05) is 17.6 Å². The summed E-state index contributed by atoms with van der Waals surface area (Å²) in [4.78, 5) is 4.01. The second-order valence-electron chi connectivity index (χ2n) is 3.04. The maximum absolute atomic E-state index is 5.70. The normalized spacial score (nSPS) is 10.7. The fourth-order valence-corrected chi connectivity index (χ4v) is 1.59. The number of rotatable bonds is 2. The molecule has 0 unspecified atom stereocenters. The summed E-state index contributed by atoms with van der Waals surface area (Å²) in [5.74, 6) is 1.35. The SMILES string of the molecule is Cc1cnc(N)n1Cc1occc1Br. The van der Waals surface area contributed by atoms with Crippen LogP contribution in [0.3, 0.4) is 0 Å². The molecule has 0 bridgehead atoms. The average molecular weight is 256 g/mol. The molecule has 2 rings (SSSR count). The summed E-state index contributed by atoms with van der Waals surface area (Å²) in [6.45, 7) is 2.56. The first-order valence-electron chi connectivity index (χ1n) is 4.18. The summed E-state index contributed by atoms with van der Waals surface area (Å²) in [5.41, 5.74) is 6.72. The number of furan rings is 1. The quantitative estimate of drug-likeness (QED) is 0.895. The Bertz CT molecular complexity index is 427. The van der Waals surface area contributed by atoms with Crippen molar-refractivity contribution in [3.63, 3.8) is 0 Å². The van der Waals surface area contributed by atoms with Crippen LogP contribution in [0, 0.1) is 6.92 Å². The summed E-state index contributed by atoms with van der Waals surface area (Å²) in [6, 6.07) is 1.86. The van der Waals surface area contributed by atoms with Gasteiger partial charge in [-0.2, -0.15) is 0 Å². The van der Waals surface area contributed by atoms with Gasteiger partial charge in [-0.3, -0.25) is 0 Å². The van der Waals surface area contributed by atoms with Crippen LogP contribution in [0.15, 0.2) is 27.4 Å². The Morgan fingerprint density at radius 3 is 2.93 bits per heavy atom. The van der Waals surface area contributed by atoms with Crippen LogP contribution in [0.4, 0.5) is 5.95 Å². The number of nitrogens with zero attached hydrogens (tertiary/aromatic N) is 2. The second kappa shape index (κ2) is 3.49. The number of aromatic nitrogens is 2. The fourth-order valence-electron chi connectivity index (χ4n) is 1.27. The molecule has 2 aromatic heterocycles. The Labute approximate surface area is 89.9 Å². The molecule has 2 aromatic rings. The molecule has 0 radical (unpaired) electrons.